The number of nitrogens with zero attached hydrogens (tertiary/aromatic N) is 1. The normalized spacial score (nSPS) is 13.2. The van der Waals surface area contributed by atoms with Crippen molar-refractivity contribution in [3.63, 3.8) is 0 Å². The van der Waals surface area contributed by atoms with Gasteiger partial charge in [-0.15, -0.1) is 13.2 Å². The maximum atomic E-state index is 13.6. The monoisotopic (exact) mass is 443 g/mol. The lowest BCUT2D eigenvalue weighted by Gasteiger charge is -2.26. The molecule has 0 fully saturated rings. The van der Waals surface area contributed by atoms with E-state index >= 15 is 0 Å². The molecule has 0 saturated carbocycles. The molecule has 2 rings (SSSR count). The average molecular weight is 443 g/mol. The van der Waals surface area contributed by atoms with Crippen molar-refractivity contribution in [2.24, 2.45) is 0 Å². The summed E-state index contributed by atoms with van der Waals surface area (Å²) >= 11 is 0. The van der Waals surface area contributed by atoms with Crippen LogP contribution in [0, 0.1) is 11.6 Å². The fourth-order valence-corrected chi connectivity index (χ4v) is 2.68. The molecular weight excluding hydrogens is 426 g/mol. The van der Waals surface area contributed by atoms with Gasteiger partial charge in [0.2, 0.25) is 0 Å². The molecule has 0 saturated heterocycles. The molecule has 0 bridgehead atoms. The molecule has 1 N–H and O–H groups in total. The van der Waals surface area contributed by atoms with E-state index in [2.05, 4.69) is 4.74 Å². The first kappa shape index (κ1) is 23.7. The standard InChI is InChI=1S/C19H17F8NO2/c20-15-7-6-13(10-16(15)21)28(8-2-5-17(29)18(22,23)24)11-12-3-1-4-14(9-12)30-19(25,26)27/h1,3-4,6-7,9-10,17,29H,2,5,8,11H2. The third-order valence-electron chi connectivity index (χ3n) is 4.06. The van der Waals surface area contributed by atoms with Gasteiger partial charge >= 0.3 is 12.5 Å². The zero-order valence-corrected chi connectivity index (χ0v) is 15.3. The fraction of sp³-hybridized carbons (Fsp3) is 0.368. The highest BCUT2D eigenvalue weighted by atomic mass is 19.4. The number of aliphatic hydroxyl groups is 1. The summed E-state index contributed by atoms with van der Waals surface area (Å²) in [6, 6.07) is 7.71. The van der Waals surface area contributed by atoms with E-state index in [1.165, 1.54) is 23.1 Å². The maximum absolute atomic E-state index is 13.6. The maximum Gasteiger partial charge on any atom is 0.573 e. The zero-order valence-electron chi connectivity index (χ0n) is 15.3. The molecule has 1 atom stereocenters. The molecule has 0 amide bonds. The summed E-state index contributed by atoms with van der Waals surface area (Å²) in [7, 11) is 0. The highest BCUT2D eigenvalue weighted by Crippen LogP contribution is 2.27. The van der Waals surface area contributed by atoms with Crippen LogP contribution in [0.1, 0.15) is 18.4 Å². The van der Waals surface area contributed by atoms with Crippen LogP contribution in [0.5, 0.6) is 5.75 Å². The third kappa shape index (κ3) is 7.36. The van der Waals surface area contributed by atoms with Gasteiger partial charge in [-0.2, -0.15) is 13.2 Å². The summed E-state index contributed by atoms with van der Waals surface area (Å²) in [5.74, 6) is -2.83. The van der Waals surface area contributed by atoms with Crippen LogP contribution in [0.25, 0.3) is 0 Å². The minimum atomic E-state index is -4.91. The second-order valence-electron chi connectivity index (χ2n) is 6.41. The lowest BCUT2D eigenvalue weighted by molar-refractivity contribution is -0.274. The van der Waals surface area contributed by atoms with Crippen LogP contribution in [-0.2, 0) is 6.54 Å². The first-order valence-electron chi connectivity index (χ1n) is 8.64. The lowest BCUT2D eigenvalue weighted by atomic mass is 10.1. The second kappa shape index (κ2) is 9.50. The number of benzene rings is 2. The number of halogens is 8. The number of ether oxygens (including phenoxy) is 1. The summed E-state index contributed by atoms with van der Waals surface area (Å²) < 4.78 is 105. The van der Waals surface area contributed by atoms with E-state index in [-0.39, 0.29) is 30.8 Å². The van der Waals surface area contributed by atoms with Gasteiger partial charge in [0.25, 0.3) is 0 Å². The molecule has 0 aromatic heterocycles. The van der Waals surface area contributed by atoms with Gasteiger partial charge in [0.1, 0.15) is 11.9 Å². The van der Waals surface area contributed by atoms with Crippen molar-refractivity contribution in [3.05, 3.63) is 59.7 Å². The largest absolute Gasteiger partial charge is 0.573 e. The second-order valence-corrected chi connectivity index (χ2v) is 6.41. The molecule has 0 radical (unpaired) electrons. The molecule has 0 aliphatic rings. The van der Waals surface area contributed by atoms with E-state index in [0.29, 0.717) is 0 Å². The van der Waals surface area contributed by atoms with Crippen LogP contribution >= 0.6 is 0 Å². The lowest BCUT2D eigenvalue weighted by Crippen LogP contribution is -2.30. The number of hydrogen-bond acceptors (Lipinski definition) is 3. The Hall–Kier alpha value is -2.56. The van der Waals surface area contributed by atoms with Crippen LogP contribution in [0.2, 0.25) is 0 Å². The summed E-state index contributed by atoms with van der Waals surface area (Å²) in [5, 5.41) is 9.11. The molecule has 0 spiro atoms. The minimum absolute atomic E-state index is 0.109. The van der Waals surface area contributed by atoms with Crippen LogP contribution in [0.3, 0.4) is 0 Å². The molecule has 1 unspecified atom stereocenters. The van der Waals surface area contributed by atoms with Crippen LogP contribution in [0.15, 0.2) is 42.5 Å². The highest BCUT2D eigenvalue weighted by molar-refractivity contribution is 5.47. The topological polar surface area (TPSA) is 32.7 Å². The van der Waals surface area contributed by atoms with Crippen molar-refractivity contribution in [3.8, 4) is 5.75 Å². The van der Waals surface area contributed by atoms with Crippen LogP contribution < -0.4 is 9.64 Å². The van der Waals surface area contributed by atoms with Gasteiger partial charge in [-0.1, -0.05) is 12.1 Å². The van der Waals surface area contributed by atoms with Gasteiger partial charge in [0.05, 0.1) is 0 Å². The number of anilines is 1. The van der Waals surface area contributed by atoms with E-state index in [1.807, 2.05) is 0 Å². The molecule has 2 aromatic rings. The smallest absolute Gasteiger partial charge is 0.406 e. The molecule has 30 heavy (non-hydrogen) atoms. The van der Waals surface area contributed by atoms with E-state index in [1.54, 1.807) is 0 Å². The Balaban J connectivity index is 2.19. The SMILES string of the molecule is OC(CCCN(Cc1cccc(OC(F)(F)F)c1)c1ccc(F)c(F)c1)C(F)(F)F. The quantitative estimate of drug-likeness (QED) is 0.542. The van der Waals surface area contributed by atoms with Gasteiger partial charge in [-0.05, 0) is 42.7 Å². The zero-order chi connectivity index (χ0) is 22.5. The summed E-state index contributed by atoms with van der Waals surface area (Å²) in [6.07, 6.45) is -13.1. The van der Waals surface area contributed by atoms with Gasteiger partial charge < -0.3 is 14.7 Å². The Bertz CT molecular complexity index is 838. The number of alkyl halides is 6. The Labute approximate surface area is 166 Å². The first-order chi connectivity index (χ1) is 13.8. The molecule has 2 aromatic carbocycles. The minimum Gasteiger partial charge on any atom is -0.406 e. The molecule has 0 aliphatic heterocycles. The predicted octanol–water partition coefficient (Wildman–Crippen LogP) is 5.57. The van der Waals surface area contributed by atoms with Gasteiger partial charge in [-0.25, -0.2) is 8.78 Å². The Morgan fingerprint density at radius 2 is 1.63 bits per heavy atom. The van der Waals surface area contributed by atoms with Gasteiger partial charge in [-0.3, -0.25) is 0 Å². The van der Waals surface area contributed by atoms with E-state index in [9.17, 15) is 35.1 Å². The van der Waals surface area contributed by atoms with Gasteiger partial charge in [0.15, 0.2) is 11.6 Å². The average Bonchev–Trinajstić information content (AvgIpc) is 2.61. The Kier molecular flexibility index (Phi) is 7.51. The molecular formula is C19H17F8NO2. The third-order valence-corrected chi connectivity index (χ3v) is 4.06. The Morgan fingerprint density at radius 1 is 0.933 bits per heavy atom. The molecule has 166 valence electrons. The predicted molar refractivity (Wildman–Crippen MR) is 91.8 cm³/mol. The van der Waals surface area contributed by atoms with Crippen molar-refractivity contribution in [1.82, 2.24) is 0 Å². The summed E-state index contributed by atoms with van der Waals surface area (Å²) in [4.78, 5) is 1.36. The van der Waals surface area contributed by atoms with Crippen molar-refractivity contribution in [2.75, 3.05) is 11.4 Å². The molecule has 3 nitrogen and oxygen atoms in total. The van der Waals surface area contributed by atoms with E-state index < -0.39 is 42.4 Å². The number of aliphatic hydroxyl groups excluding tert-OH is 1. The van der Waals surface area contributed by atoms with Crippen LogP contribution in [-0.4, -0.2) is 30.3 Å². The van der Waals surface area contributed by atoms with Crippen LogP contribution in [0.4, 0.5) is 40.8 Å². The van der Waals surface area contributed by atoms with Crippen molar-refractivity contribution in [2.45, 2.75) is 38.0 Å². The fourth-order valence-electron chi connectivity index (χ4n) is 2.68. The summed E-state index contributed by atoms with van der Waals surface area (Å²) in [5.41, 5.74) is 0.399. The number of hydrogen-bond donors (Lipinski definition) is 1. The van der Waals surface area contributed by atoms with Crippen molar-refractivity contribution >= 4 is 5.69 Å². The summed E-state index contributed by atoms with van der Waals surface area (Å²) in [6.45, 7) is -0.231. The first-order valence-corrected chi connectivity index (χ1v) is 8.64. The van der Waals surface area contributed by atoms with Crippen molar-refractivity contribution in [1.29, 1.82) is 0 Å². The van der Waals surface area contributed by atoms with Gasteiger partial charge in [0, 0.05) is 24.8 Å². The Morgan fingerprint density at radius 3 is 2.23 bits per heavy atom. The molecule has 0 aliphatic carbocycles. The number of rotatable bonds is 8. The molecule has 0 heterocycles. The van der Waals surface area contributed by atoms with Crippen molar-refractivity contribution < 1.29 is 45.0 Å². The van der Waals surface area contributed by atoms with E-state index in [0.717, 1.165) is 24.3 Å². The highest BCUT2D eigenvalue weighted by Gasteiger charge is 2.37. The molecule has 11 heteroatoms. The van der Waals surface area contributed by atoms with E-state index in [4.69, 9.17) is 5.11 Å².